The Morgan fingerprint density at radius 2 is 1.50 bits per heavy atom. The molecule has 0 aromatic heterocycles. The molecule has 0 atom stereocenters. The van der Waals surface area contributed by atoms with E-state index in [-0.39, 0.29) is 11.8 Å². The van der Waals surface area contributed by atoms with E-state index in [0.29, 0.717) is 16.4 Å². The minimum absolute atomic E-state index is 0.129. The lowest BCUT2D eigenvalue weighted by Crippen LogP contribution is -2.30. The highest BCUT2D eigenvalue weighted by Gasteiger charge is 2.40. The number of carbonyl (C=O) groups excluding carboxylic acids is 2. The number of nitrogens with zero attached hydrogens (tertiary/aromatic N) is 1. The van der Waals surface area contributed by atoms with Crippen molar-refractivity contribution in [2.24, 2.45) is 0 Å². The van der Waals surface area contributed by atoms with Gasteiger partial charge in [0.25, 0.3) is 11.8 Å². The van der Waals surface area contributed by atoms with Gasteiger partial charge in [0.15, 0.2) is 0 Å². The van der Waals surface area contributed by atoms with Crippen LogP contribution in [0.1, 0.15) is 5.56 Å². The lowest BCUT2D eigenvalue weighted by atomic mass is 10.2. The van der Waals surface area contributed by atoms with E-state index in [1.807, 2.05) is 30.3 Å². The fourth-order valence-corrected chi connectivity index (χ4v) is 4.32. The van der Waals surface area contributed by atoms with Crippen molar-refractivity contribution in [2.75, 3.05) is 11.5 Å². The third kappa shape index (κ3) is 1.97. The van der Waals surface area contributed by atoms with Gasteiger partial charge in [0.05, 0.1) is 16.4 Å². The highest BCUT2D eigenvalue weighted by atomic mass is 32.2. The minimum Gasteiger partial charge on any atom is -0.269 e. The van der Waals surface area contributed by atoms with Crippen molar-refractivity contribution < 1.29 is 9.59 Å². The summed E-state index contributed by atoms with van der Waals surface area (Å²) in [5.74, 6) is 1.55. The van der Waals surface area contributed by atoms with Gasteiger partial charge in [-0.25, -0.2) is 0 Å². The fraction of sp³-hybridized carbons (Fsp3) is 0.231. The summed E-state index contributed by atoms with van der Waals surface area (Å²) in [4.78, 5) is 27.0. The molecule has 0 unspecified atom stereocenters. The number of carbonyl (C=O) groups is 2. The van der Waals surface area contributed by atoms with Gasteiger partial charge in [-0.1, -0.05) is 30.3 Å². The Bertz CT molecular complexity index is 511. The third-order valence-electron chi connectivity index (χ3n) is 2.84. The number of imide groups is 1. The topological polar surface area (TPSA) is 37.4 Å². The van der Waals surface area contributed by atoms with Crippen LogP contribution in [-0.2, 0) is 16.1 Å². The first-order valence-corrected chi connectivity index (χ1v) is 7.64. The Hall–Kier alpha value is -1.20. The molecular weight excluding hydrogens is 266 g/mol. The molecule has 2 aliphatic rings. The Labute approximate surface area is 114 Å². The second-order valence-corrected chi connectivity index (χ2v) is 6.25. The zero-order chi connectivity index (χ0) is 12.5. The van der Waals surface area contributed by atoms with Crippen molar-refractivity contribution in [1.29, 1.82) is 0 Å². The van der Waals surface area contributed by atoms with E-state index in [1.165, 1.54) is 28.4 Å². The molecule has 0 saturated heterocycles. The molecule has 2 aliphatic heterocycles. The molecule has 5 heteroatoms. The third-order valence-corrected chi connectivity index (χ3v) is 5.38. The van der Waals surface area contributed by atoms with Gasteiger partial charge in [-0.15, -0.1) is 23.5 Å². The first-order chi connectivity index (χ1) is 8.77. The van der Waals surface area contributed by atoms with Crippen LogP contribution < -0.4 is 0 Å². The van der Waals surface area contributed by atoms with Crippen molar-refractivity contribution >= 4 is 35.3 Å². The second-order valence-electron chi connectivity index (χ2n) is 4.04. The number of hydrogen-bond donors (Lipinski definition) is 0. The van der Waals surface area contributed by atoms with Crippen LogP contribution in [0.25, 0.3) is 0 Å². The van der Waals surface area contributed by atoms with Crippen LogP contribution in [0.15, 0.2) is 40.1 Å². The molecule has 1 aromatic carbocycles. The summed E-state index contributed by atoms with van der Waals surface area (Å²) in [7, 11) is 0. The quantitative estimate of drug-likeness (QED) is 0.777. The summed E-state index contributed by atoms with van der Waals surface area (Å²) in [6, 6.07) is 9.61. The van der Waals surface area contributed by atoms with Crippen molar-refractivity contribution in [1.82, 2.24) is 4.90 Å². The lowest BCUT2D eigenvalue weighted by molar-refractivity contribution is -0.137. The predicted molar refractivity (Wildman–Crippen MR) is 73.9 cm³/mol. The number of hydrogen-bond acceptors (Lipinski definition) is 4. The highest BCUT2D eigenvalue weighted by molar-refractivity contribution is 8.11. The zero-order valence-electron chi connectivity index (χ0n) is 9.59. The maximum absolute atomic E-state index is 12.2. The molecule has 92 valence electrons. The van der Waals surface area contributed by atoms with Crippen LogP contribution in [0.5, 0.6) is 0 Å². The number of thioether (sulfide) groups is 2. The lowest BCUT2D eigenvalue weighted by Gasteiger charge is -2.14. The molecule has 0 fully saturated rings. The van der Waals surface area contributed by atoms with Gasteiger partial charge >= 0.3 is 0 Å². The zero-order valence-corrected chi connectivity index (χ0v) is 11.2. The molecule has 2 amide bonds. The smallest absolute Gasteiger partial charge is 0.268 e. The summed E-state index contributed by atoms with van der Waals surface area (Å²) >= 11 is 3.01. The van der Waals surface area contributed by atoms with Crippen molar-refractivity contribution in [3.63, 3.8) is 0 Å². The molecule has 0 radical (unpaired) electrons. The van der Waals surface area contributed by atoms with Gasteiger partial charge < -0.3 is 0 Å². The van der Waals surface area contributed by atoms with Crippen LogP contribution in [0.2, 0.25) is 0 Å². The van der Waals surface area contributed by atoms with Gasteiger partial charge in [-0.05, 0) is 5.56 Å². The van der Waals surface area contributed by atoms with Crippen LogP contribution in [0, 0.1) is 0 Å². The van der Waals surface area contributed by atoms with Gasteiger partial charge in [0.1, 0.15) is 0 Å². The van der Waals surface area contributed by atoms with Gasteiger partial charge in [0, 0.05) is 11.5 Å². The molecule has 0 saturated carbocycles. The summed E-state index contributed by atoms with van der Waals surface area (Å²) in [5.41, 5.74) is 0.981. The maximum atomic E-state index is 12.2. The van der Waals surface area contributed by atoms with Crippen molar-refractivity contribution in [2.45, 2.75) is 6.54 Å². The number of amides is 2. The Kier molecular flexibility index (Phi) is 3.18. The van der Waals surface area contributed by atoms with E-state index in [2.05, 4.69) is 0 Å². The molecule has 3 nitrogen and oxygen atoms in total. The van der Waals surface area contributed by atoms with E-state index in [0.717, 1.165) is 17.1 Å². The minimum atomic E-state index is -0.129. The standard InChI is InChI=1S/C13H11NO2S2/c15-12-10-11(18-7-6-17-10)13(16)14(12)8-9-4-2-1-3-5-9/h1-5H,6-8H2. The van der Waals surface area contributed by atoms with Crippen LogP contribution in [-0.4, -0.2) is 28.2 Å². The van der Waals surface area contributed by atoms with Gasteiger partial charge in [-0.3, -0.25) is 14.5 Å². The molecule has 1 aromatic rings. The van der Waals surface area contributed by atoms with Crippen LogP contribution in [0.4, 0.5) is 0 Å². The average molecular weight is 277 g/mol. The monoisotopic (exact) mass is 277 g/mol. The van der Waals surface area contributed by atoms with E-state index in [4.69, 9.17) is 0 Å². The molecule has 18 heavy (non-hydrogen) atoms. The molecule has 2 heterocycles. The van der Waals surface area contributed by atoms with Gasteiger partial charge in [0.2, 0.25) is 0 Å². The first-order valence-electron chi connectivity index (χ1n) is 5.67. The summed E-state index contributed by atoms with van der Waals surface area (Å²) < 4.78 is 0. The van der Waals surface area contributed by atoms with Crippen LogP contribution in [0.3, 0.4) is 0 Å². The number of benzene rings is 1. The Balaban J connectivity index is 1.84. The Morgan fingerprint density at radius 1 is 0.944 bits per heavy atom. The Morgan fingerprint density at radius 3 is 2.06 bits per heavy atom. The molecule has 0 spiro atoms. The summed E-state index contributed by atoms with van der Waals surface area (Å²) in [5, 5.41) is 0. The first kappa shape index (κ1) is 11.9. The second kappa shape index (κ2) is 4.82. The highest BCUT2D eigenvalue weighted by Crippen LogP contribution is 2.40. The largest absolute Gasteiger partial charge is 0.269 e. The summed E-state index contributed by atoms with van der Waals surface area (Å²) in [6.07, 6.45) is 0. The van der Waals surface area contributed by atoms with Crippen molar-refractivity contribution in [3.8, 4) is 0 Å². The molecule has 0 aliphatic carbocycles. The fourth-order valence-electron chi connectivity index (χ4n) is 1.98. The molecule has 3 rings (SSSR count). The van der Waals surface area contributed by atoms with Gasteiger partial charge in [-0.2, -0.15) is 0 Å². The molecule has 0 bridgehead atoms. The maximum Gasteiger partial charge on any atom is 0.268 e. The molecular formula is C13H11NO2S2. The normalized spacial score (nSPS) is 19.4. The van der Waals surface area contributed by atoms with E-state index < -0.39 is 0 Å². The van der Waals surface area contributed by atoms with E-state index in [9.17, 15) is 9.59 Å². The van der Waals surface area contributed by atoms with Crippen LogP contribution >= 0.6 is 23.5 Å². The molecule has 0 N–H and O–H groups in total. The predicted octanol–water partition coefficient (Wildman–Crippen LogP) is 2.25. The van der Waals surface area contributed by atoms with Crippen molar-refractivity contribution in [3.05, 3.63) is 45.7 Å². The SMILES string of the molecule is O=C1C2=C(SCCS2)C(=O)N1Cc1ccccc1. The van der Waals surface area contributed by atoms with E-state index >= 15 is 0 Å². The summed E-state index contributed by atoms with van der Waals surface area (Å²) in [6.45, 7) is 0.368. The number of rotatable bonds is 2. The van der Waals surface area contributed by atoms with E-state index in [1.54, 1.807) is 0 Å². The average Bonchev–Trinajstić information content (AvgIpc) is 2.66.